The molecule has 0 radical (unpaired) electrons. The van der Waals surface area contributed by atoms with Crippen LogP contribution >= 0.6 is 0 Å². The lowest BCUT2D eigenvalue weighted by Gasteiger charge is -2.11. The number of rotatable bonds is 4. The first-order valence-electron chi connectivity index (χ1n) is 5.92. The number of fused-ring (bicyclic) bond motifs is 1. The maximum absolute atomic E-state index is 11.6. The lowest BCUT2D eigenvalue weighted by atomic mass is 9.99. The molecule has 0 aliphatic carbocycles. The summed E-state index contributed by atoms with van der Waals surface area (Å²) in [4.78, 5) is 14.7. The van der Waals surface area contributed by atoms with Gasteiger partial charge in [-0.25, -0.2) is 4.79 Å². The Balaban J connectivity index is 2.34. The number of esters is 1. The molecule has 19 heavy (non-hydrogen) atoms. The molecule has 0 bridgehead atoms. The summed E-state index contributed by atoms with van der Waals surface area (Å²) >= 11 is 0. The fourth-order valence-corrected chi connectivity index (χ4v) is 2.09. The summed E-state index contributed by atoms with van der Waals surface area (Å²) in [6.07, 6.45) is 0.427. The SMILES string of the molecule is [C-]#[N+]NC(Cc1cccc2ccccc12)C(=O)OC. The number of benzene rings is 2. The Morgan fingerprint density at radius 1 is 1.32 bits per heavy atom. The fourth-order valence-electron chi connectivity index (χ4n) is 2.09. The van der Waals surface area contributed by atoms with Gasteiger partial charge in [0.05, 0.1) is 7.11 Å². The predicted molar refractivity (Wildman–Crippen MR) is 73.2 cm³/mol. The van der Waals surface area contributed by atoms with Gasteiger partial charge >= 0.3 is 5.97 Å². The van der Waals surface area contributed by atoms with Crippen LogP contribution in [0.3, 0.4) is 0 Å². The van der Waals surface area contributed by atoms with Crippen LogP contribution in [0, 0.1) is 6.57 Å². The van der Waals surface area contributed by atoms with Gasteiger partial charge < -0.3 is 4.74 Å². The largest absolute Gasteiger partial charge is 0.467 e. The third-order valence-electron chi connectivity index (χ3n) is 3.01. The lowest BCUT2D eigenvalue weighted by molar-refractivity contribution is -0.142. The van der Waals surface area contributed by atoms with E-state index in [2.05, 4.69) is 10.4 Å². The molecular weight excluding hydrogens is 240 g/mol. The zero-order chi connectivity index (χ0) is 13.7. The molecule has 1 N–H and O–H groups in total. The lowest BCUT2D eigenvalue weighted by Crippen LogP contribution is -2.35. The van der Waals surface area contributed by atoms with Gasteiger partial charge in [-0.3, -0.25) is 0 Å². The summed E-state index contributed by atoms with van der Waals surface area (Å²) in [5.41, 5.74) is 3.48. The average Bonchev–Trinajstić information content (AvgIpc) is 2.46. The molecule has 0 spiro atoms. The quantitative estimate of drug-likeness (QED) is 0.517. The minimum absolute atomic E-state index is 0.427. The van der Waals surface area contributed by atoms with Crippen molar-refractivity contribution in [3.8, 4) is 0 Å². The highest BCUT2D eigenvalue weighted by Crippen LogP contribution is 2.20. The van der Waals surface area contributed by atoms with Gasteiger partial charge in [0.2, 0.25) is 0 Å². The van der Waals surface area contributed by atoms with E-state index in [-0.39, 0.29) is 0 Å². The molecule has 2 aromatic rings. The van der Waals surface area contributed by atoms with E-state index in [4.69, 9.17) is 11.3 Å². The number of nitrogens with one attached hydrogen (secondary N) is 1. The summed E-state index contributed by atoms with van der Waals surface area (Å²) in [5, 5.41) is 2.21. The summed E-state index contributed by atoms with van der Waals surface area (Å²) in [6, 6.07) is 13.3. The van der Waals surface area contributed by atoms with Gasteiger partial charge in [0, 0.05) is 6.42 Å². The maximum atomic E-state index is 11.6. The van der Waals surface area contributed by atoms with Crippen LogP contribution in [0.25, 0.3) is 15.7 Å². The third-order valence-corrected chi connectivity index (χ3v) is 3.01. The van der Waals surface area contributed by atoms with Crippen LogP contribution in [0.1, 0.15) is 5.56 Å². The van der Waals surface area contributed by atoms with E-state index in [1.807, 2.05) is 42.5 Å². The zero-order valence-electron chi connectivity index (χ0n) is 10.6. The molecular formula is C15H14N2O2. The molecule has 4 heteroatoms. The van der Waals surface area contributed by atoms with Crippen LogP contribution < -0.4 is 5.43 Å². The molecule has 2 rings (SSSR count). The molecule has 0 heterocycles. The highest BCUT2D eigenvalue weighted by molar-refractivity contribution is 5.86. The van der Waals surface area contributed by atoms with Crippen molar-refractivity contribution < 1.29 is 9.53 Å². The topological polar surface area (TPSA) is 42.7 Å². The normalized spacial score (nSPS) is 11.6. The van der Waals surface area contributed by atoms with Gasteiger partial charge in [0.25, 0.3) is 0 Å². The van der Waals surface area contributed by atoms with E-state index in [1.54, 1.807) is 0 Å². The highest BCUT2D eigenvalue weighted by Gasteiger charge is 2.22. The fraction of sp³-hybridized carbons (Fsp3) is 0.200. The second kappa shape index (κ2) is 5.87. The van der Waals surface area contributed by atoms with Crippen LogP contribution in [-0.4, -0.2) is 19.1 Å². The first kappa shape index (κ1) is 12.9. The van der Waals surface area contributed by atoms with Gasteiger partial charge in [-0.2, -0.15) is 11.5 Å². The molecule has 0 aromatic heterocycles. The van der Waals surface area contributed by atoms with E-state index in [0.717, 1.165) is 16.3 Å². The van der Waals surface area contributed by atoms with Crippen molar-refractivity contribution in [2.45, 2.75) is 12.5 Å². The van der Waals surface area contributed by atoms with E-state index in [9.17, 15) is 4.79 Å². The number of ether oxygens (including phenoxy) is 1. The van der Waals surface area contributed by atoms with Crippen molar-refractivity contribution in [2.24, 2.45) is 0 Å². The molecule has 0 amide bonds. The minimum atomic E-state index is -0.645. The van der Waals surface area contributed by atoms with E-state index >= 15 is 0 Å². The number of carbonyl (C=O) groups excluding carboxylic acids is 1. The van der Waals surface area contributed by atoms with Gasteiger partial charge in [0.15, 0.2) is 6.04 Å². The molecule has 0 aliphatic heterocycles. The third kappa shape index (κ3) is 2.83. The van der Waals surface area contributed by atoms with Crippen molar-refractivity contribution in [1.82, 2.24) is 5.43 Å². The molecule has 2 aromatic carbocycles. The second-order valence-electron chi connectivity index (χ2n) is 4.16. The smallest absolute Gasteiger partial charge is 0.335 e. The molecule has 1 unspecified atom stereocenters. The van der Waals surface area contributed by atoms with Crippen LogP contribution in [0.15, 0.2) is 42.5 Å². The van der Waals surface area contributed by atoms with Crippen LogP contribution in [0.5, 0.6) is 0 Å². The van der Waals surface area contributed by atoms with Crippen molar-refractivity contribution in [1.29, 1.82) is 0 Å². The molecule has 0 aliphatic rings. The van der Waals surface area contributed by atoms with Gasteiger partial charge in [-0.05, 0) is 16.3 Å². The number of hydrogen-bond acceptors (Lipinski definition) is 3. The Kier molecular flexibility index (Phi) is 3.99. The van der Waals surface area contributed by atoms with Crippen LogP contribution in [0.2, 0.25) is 0 Å². The second-order valence-corrected chi connectivity index (χ2v) is 4.16. The number of hydrogen-bond donors (Lipinski definition) is 1. The molecule has 96 valence electrons. The number of nitrogens with zero attached hydrogens (tertiary/aromatic N) is 1. The van der Waals surface area contributed by atoms with Crippen molar-refractivity contribution in [2.75, 3.05) is 7.11 Å². The standard InChI is InChI=1S/C15H14N2O2/c1-16-17-14(15(18)19-2)10-12-8-5-7-11-6-3-4-9-13(11)12/h3-9,14,17H,10H2,2H3. The van der Waals surface area contributed by atoms with E-state index in [1.165, 1.54) is 7.11 Å². The van der Waals surface area contributed by atoms with Crippen molar-refractivity contribution >= 4 is 16.7 Å². The molecule has 0 saturated heterocycles. The van der Waals surface area contributed by atoms with Crippen LogP contribution in [-0.2, 0) is 16.0 Å². The Hall–Kier alpha value is -2.54. The molecule has 0 saturated carbocycles. The van der Waals surface area contributed by atoms with Gasteiger partial charge in [0.1, 0.15) is 0 Å². The van der Waals surface area contributed by atoms with Crippen LogP contribution in [0.4, 0.5) is 0 Å². The van der Waals surface area contributed by atoms with E-state index < -0.39 is 12.0 Å². The monoisotopic (exact) mass is 254 g/mol. The molecule has 1 atom stereocenters. The minimum Gasteiger partial charge on any atom is -0.467 e. The highest BCUT2D eigenvalue weighted by atomic mass is 16.5. The Morgan fingerprint density at radius 2 is 2.05 bits per heavy atom. The summed E-state index contributed by atoms with van der Waals surface area (Å²) < 4.78 is 4.70. The average molecular weight is 254 g/mol. The first-order chi connectivity index (χ1) is 9.26. The number of carbonyl (C=O) groups is 1. The summed E-state index contributed by atoms with van der Waals surface area (Å²) in [7, 11) is 1.32. The van der Waals surface area contributed by atoms with Gasteiger partial charge in [-0.15, -0.1) is 5.43 Å². The summed E-state index contributed by atoms with van der Waals surface area (Å²) in [5.74, 6) is -0.427. The Bertz CT molecular complexity index is 626. The van der Waals surface area contributed by atoms with Crippen molar-refractivity contribution in [3.63, 3.8) is 0 Å². The molecule has 0 fully saturated rings. The predicted octanol–water partition coefficient (Wildman–Crippen LogP) is 2.35. The summed E-state index contributed by atoms with van der Waals surface area (Å²) in [6.45, 7) is 6.84. The Morgan fingerprint density at radius 3 is 2.79 bits per heavy atom. The Labute approximate surface area is 111 Å². The maximum Gasteiger partial charge on any atom is 0.335 e. The first-order valence-corrected chi connectivity index (χ1v) is 5.92. The van der Waals surface area contributed by atoms with Crippen molar-refractivity contribution in [3.05, 3.63) is 59.6 Å². The van der Waals surface area contributed by atoms with Gasteiger partial charge in [-0.1, -0.05) is 42.5 Å². The van der Waals surface area contributed by atoms with E-state index in [0.29, 0.717) is 6.42 Å². The molecule has 4 nitrogen and oxygen atoms in total. The number of methoxy groups -OCH3 is 1. The zero-order valence-corrected chi connectivity index (χ0v) is 10.6.